The van der Waals surface area contributed by atoms with Crippen LogP contribution in [0.1, 0.15) is 69.2 Å². The molecule has 25 heavy (non-hydrogen) atoms. The van der Waals surface area contributed by atoms with Crippen LogP contribution in [-0.2, 0) is 4.21 Å². The maximum Gasteiger partial charge on any atom is 0.207 e. The average Bonchev–Trinajstić information content (AvgIpc) is 2.50. The van der Waals surface area contributed by atoms with Gasteiger partial charge in [0.05, 0.1) is 13.0 Å². The quantitative estimate of drug-likeness (QED) is 0.327. The van der Waals surface area contributed by atoms with Crippen LogP contribution >= 0.6 is 7.28 Å². The van der Waals surface area contributed by atoms with Gasteiger partial charge in [-0.3, -0.25) is 0 Å². The topological polar surface area (TPSA) is 21.6 Å². The van der Waals surface area contributed by atoms with Gasteiger partial charge in [-0.05, 0) is 28.8 Å². The van der Waals surface area contributed by atoms with Crippen molar-refractivity contribution in [2.75, 3.05) is 0 Å². The first-order valence-corrected chi connectivity index (χ1v) is 13.8. The summed E-state index contributed by atoms with van der Waals surface area (Å²) in [7, 11) is -3.95. The fourth-order valence-corrected chi connectivity index (χ4v) is 16.9. The van der Waals surface area contributed by atoms with Crippen molar-refractivity contribution in [1.82, 2.24) is 0 Å². The lowest BCUT2D eigenvalue weighted by atomic mass is 10.3. The Morgan fingerprint density at radius 1 is 0.720 bits per heavy atom. The molecule has 1 aromatic carbocycles. The normalized spacial score (nSPS) is 13.6. The Bertz CT molecular complexity index is 545. The van der Waals surface area contributed by atoms with Gasteiger partial charge in [-0.1, -0.05) is 87.4 Å². The Hall–Kier alpha value is -0.373. The SMILES string of the molecule is CC(C)[Si](OP(=Nc1ccccc1)(C(C)C)C(C)C)(C(C)C)C(C)C. The Morgan fingerprint density at radius 3 is 1.44 bits per heavy atom. The molecule has 0 aromatic heterocycles. The second kappa shape index (κ2) is 9.02. The number of nitrogens with zero attached hydrogens (tertiary/aromatic N) is 1. The van der Waals surface area contributed by atoms with Crippen LogP contribution < -0.4 is 0 Å². The van der Waals surface area contributed by atoms with Crippen LogP contribution in [0.25, 0.3) is 0 Å². The Kier molecular flexibility index (Phi) is 8.18. The van der Waals surface area contributed by atoms with E-state index in [1.807, 2.05) is 0 Å². The lowest BCUT2D eigenvalue weighted by Gasteiger charge is -2.48. The summed E-state index contributed by atoms with van der Waals surface area (Å²) in [5.41, 5.74) is 3.66. The monoisotopic (exact) mass is 381 g/mol. The molecule has 2 nitrogen and oxygen atoms in total. The van der Waals surface area contributed by atoms with E-state index in [0.717, 1.165) is 5.69 Å². The fraction of sp³-hybridized carbons (Fsp3) is 0.714. The van der Waals surface area contributed by atoms with E-state index in [1.54, 1.807) is 0 Å². The second-order valence-corrected chi connectivity index (χ2v) is 18.2. The summed E-state index contributed by atoms with van der Waals surface area (Å²) in [4.78, 5) is 0. The van der Waals surface area contributed by atoms with Crippen LogP contribution in [-0.4, -0.2) is 19.6 Å². The van der Waals surface area contributed by atoms with Crippen molar-refractivity contribution in [1.29, 1.82) is 0 Å². The molecule has 0 amide bonds. The van der Waals surface area contributed by atoms with Gasteiger partial charge in [0.15, 0.2) is 0 Å². The molecule has 0 fully saturated rings. The first-order chi connectivity index (χ1) is 11.5. The standard InChI is InChI=1S/C21H40NOPSi/c1-16(2)24(17(3)4,22-21-14-12-11-13-15-21)23-25(18(5)6,19(7)8)20(9)10/h11-20H,1-10H3. The van der Waals surface area contributed by atoms with Crippen molar-refractivity contribution in [3.63, 3.8) is 0 Å². The predicted octanol–water partition coefficient (Wildman–Crippen LogP) is 8.44. The Labute approximate surface area is 158 Å². The maximum atomic E-state index is 7.42. The van der Waals surface area contributed by atoms with Crippen LogP contribution in [0.4, 0.5) is 5.69 Å². The maximum absolute atomic E-state index is 7.42. The van der Waals surface area contributed by atoms with Crippen molar-refractivity contribution < 1.29 is 4.21 Å². The third kappa shape index (κ3) is 4.67. The molecule has 0 atom stereocenters. The second-order valence-electron chi connectivity index (χ2n) is 8.70. The lowest BCUT2D eigenvalue weighted by Crippen LogP contribution is -2.48. The van der Waals surface area contributed by atoms with Crippen molar-refractivity contribution in [3.8, 4) is 0 Å². The molecular formula is C21H40NOPSi. The summed E-state index contributed by atoms with van der Waals surface area (Å²) >= 11 is 0. The van der Waals surface area contributed by atoms with Crippen molar-refractivity contribution in [2.24, 2.45) is 4.74 Å². The highest BCUT2D eigenvalue weighted by Gasteiger charge is 2.50. The van der Waals surface area contributed by atoms with Crippen LogP contribution in [0.15, 0.2) is 35.1 Å². The number of benzene rings is 1. The molecule has 1 rings (SSSR count). The molecule has 0 radical (unpaired) electrons. The fourth-order valence-electron chi connectivity index (χ4n) is 4.30. The van der Waals surface area contributed by atoms with Gasteiger partial charge >= 0.3 is 0 Å². The lowest BCUT2D eigenvalue weighted by molar-refractivity contribution is 0.499. The molecule has 4 heteroatoms. The minimum Gasteiger partial charge on any atom is -0.382 e. The molecule has 0 aliphatic heterocycles. The number of hydrogen-bond acceptors (Lipinski definition) is 2. The first-order valence-electron chi connectivity index (χ1n) is 9.88. The summed E-state index contributed by atoms with van der Waals surface area (Å²) in [5, 5.41) is 0. The number of hydrogen-bond donors (Lipinski definition) is 0. The first kappa shape index (κ1) is 22.7. The summed E-state index contributed by atoms with van der Waals surface area (Å²) in [6.45, 7) is 23.4. The molecule has 0 spiro atoms. The van der Waals surface area contributed by atoms with Gasteiger partial charge in [-0.2, -0.15) is 0 Å². The van der Waals surface area contributed by atoms with E-state index in [4.69, 9.17) is 8.96 Å². The summed E-state index contributed by atoms with van der Waals surface area (Å²) in [5.74, 6) is 0. The van der Waals surface area contributed by atoms with E-state index in [-0.39, 0.29) is 0 Å². The third-order valence-electron chi connectivity index (χ3n) is 5.52. The largest absolute Gasteiger partial charge is 0.382 e. The van der Waals surface area contributed by atoms with Crippen LogP contribution in [0.3, 0.4) is 0 Å². The van der Waals surface area contributed by atoms with Gasteiger partial charge < -0.3 is 4.21 Å². The van der Waals surface area contributed by atoms with E-state index in [2.05, 4.69) is 99.6 Å². The van der Waals surface area contributed by atoms with Crippen LogP contribution in [0, 0.1) is 0 Å². The summed E-state index contributed by atoms with van der Waals surface area (Å²) in [6, 6.07) is 10.4. The van der Waals surface area contributed by atoms with Gasteiger partial charge in [0, 0.05) is 11.3 Å². The zero-order chi connectivity index (χ0) is 19.4. The van der Waals surface area contributed by atoms with Crippen molar-refractivity contribution in [3.05, 3.63) is 30.3 Å². The molecule has 0 heterocycles. The molecule has 0 unspecified atom stereocenters. The van der Waals surface area contributed by atoms with E-state index in [0.29, 0.717) is 27.9 Å². The van der Waals surface area contributed by atoms with Gasteiger partial charge in [0.1, 0.15) is 0 Å². The molecule has 0 N–H and O–H groups in total. The zero-order valence-electron chi connectivity index (χ0n) is 18.1. The smallest absolute Gasteiger partial charge is 0.207 e. The Balaban J connectivity index is 3.65. The van der Waals surface area contributed by atoms with Gasteiger partial charge in [0.2, 0.25) is 8.32 Å². The molecule has 0 aliphatic carbocycles. The van der Waals surface area contributed by atoms with Gasteiger partial charge in [-0.25, -0.2) is 4.74 Å². The van der Waals surface area contributed by atoms with Gasteiger partial charge in [-0.15, -0.1) is 0 Å². The molecule has 0 bridgehead atoms. The average molecular weight is 382 g/mol. The van der Waals surface area contributed by atoms with E-state index >= 15 is 0 Å². The van der Waals surface area contributed by atoms with Gasteiger partial charge in [0.25, 0.3) is 0 Å². The molecule has 1 aromatic rings. The molecular weight excluding hydrogens is 341 g/mol. The van der Waals surface area contributed by atoms with E-state index < -0.39 is 15.6 Å². The highest BCUT2D eigenvalue weighted by atomic mass is 31.2. The van der Waals surface area contributed by atoms with Crippen molar-refractivity contribution >= 4 is 21.3 Å². The Morgan fingerprint density at radius 2 is 1.12 bits per heavy atom. The minimum atomic E-state index is -1.99. The van der Waals surface area contributed by atoms with Crippen molar-refractivity contribution in [2.45, 2.75) is 97.2 Å². The van der Waals surface area contributed by atoms with Crippen LogP contribution in [0.5, 0.6) is 0 Å². The summed E-state index contributed by atoms with van der Waals surface area (Å²) < 4.78 is 12.8. The number of rotatable bonds is 8. The highest BCUT2D eigenvalue weighted by molar-refractivity contribution is 7.64. The van der Waals surface area contributed by atoms with E-state index in [1.165, 1.54) is 0 Å². The van der Waals surface area contributed by atoms with Crippen LogP contribution in [0.2, 0.25) is 16.6 Å². The molecule has 0 saturated heterocycles. The molecule has 0 aliphatic rings. The highest BCUT2D eigenvalue weighted by Crippen LogP contribution is 2.66. The molecule has 144 valence electrons. The summed E-state index contributed by atoms with van der Waals surface area (Å²) in [6.07, 6.45) is 0. The zero-order valence-corrected chi connectivity index (χ0v) is 20.0. The third-order valence-corrected chi connectivity index (χ3v) is 16.9. The molecule has 0 saturated carbocycles. The van der Waals surface area contributed by atoms with E-state index in [9.17, 15) is 0 Å². The predicted molar refractivity (Wildman–Crippen MR) is 118 cm³/mol. The minimum absolute atomic E-state index is 0.427.